The van der Waals surface area contributed by atoms with Crippen LogP contribution in [0.1, 0.15) is 18.9 Å². The van der Waals surface area contributed by atoms with Gasteiger partial charge in [-0.1, -0.05) is 36.9 Å². The minimum atomic E-state index is -0.420. The second kappa shape index (κ2) is 6.43. The van der Waals surface area contributed by atoms with Crippen molar-refractivity contribution in [1.29, 1.82) is 0 Å². The molecule has 5 nitrogen and oxygen atoms in total. The van der Waals surface area contributed by atoms with E-state index >= 15 is 0 Å². The van der Waals surface area contributed by atoms with Gasteiger partial charge in [0.15, 0.2) is 0 Å². The van der Waals surface area contributed by atoms with Gasteiger partial charge in [-0.25, -0.2) is 4.79 Å². The zero-order valence-electron chi connectivity index (χ0n) is 12.2. The molecule has 0 aliphatic carbocycles. The second-order valence-corrected chi connectivity index (χ2v) is 5.47. The molecule has 1 fully saturated rings. The number of carbonyl (C=O) groups excluding carboxylic acids is 2. The van der Waals surface area contributed by atoms with Crippen molar-refractivity contribution in [3.63, 3.8) is 0 Å². The Bertz CT molecular complexity index is 530. The van der Waals surface area contributed by atoms with Crippen molar-refractivity contribution in [3.8, 4) is 0 Å². The van der Waals surface area contributed by atoms with Gasteiger partial charge in [0.25, 0.3) is 0 Å². The van der Waals surface area contributed by atoms with Crippen LogP contribution in [-0.4, -0.2) is 35.5 Å². The van der Waals surface area contributed by atoms with Gasteiger partial charge in [-0.2, -0.15) is 0 Å². The maximum Gasteiger partial charge on any atom is 0.410 e. The standard InChI is InChI=1S/C16H20N2O3/c1-3-14(19)17-16(2)9-10-18(12-16)15(20)21-11-13-7-5-4-6-8-13/h3-8H,1,9-12H2,2H3,(H,17,19). The molecule has 2 amide bonds. The fourth-order valence-electron chi connectivity index (χ4n) is 2.38. The van der Waals surface area contributed by atoms with Crippen molar-refractivity contribution in [2.24, 2.45) is 0 Å². The molecule has 1 aromatic rings. The smallest absolute Gasteiger partial charge is 0.410 e. The Balaban J connectivity index is 1.84. The SMILES string of the molecule is C=CC(=O)NC1(C)CCN(C(=O)OCc2ccccc2)C1. The maximum absolute atomic E-state index is 12.0. The predicted octanol–water partition coefficient (Wildman–Crippen LogP) is 2.09. The van der Waals surface area contributed by atoms with E-state index in [1.54, 1.807) is 4.90 Å². The third-order valence-corrected chi connectivity index (χ3v) is 3.55. The number of carbonyl (C=O) groups is 2. The fourth-order valence-corrected chi connectivity index (χ4v) is 2.38. The van der Waals surface area contributed by atoms with Crippen LogP contribution < -0.4 is 5.32 Å². The summed E-state index contributed by atoms with van der Waals surface area (Å²) in [4.78, 5) is 25.0. The predicted molar refractivity (Wildman–Crippen MR) is 79.6 cm³/mol. The summed E-state index contributed by atoms with van der Waals surface area (Å²) < 4.78 is 5.29. The molecule has 5 heteroatoms. The minimum Gasteiger partial charge on any atom is -0.445 e. The summed E-state index contributed by atoms with van der Waals surface area (Å²) in [6, 6.07) is 9.54. The molecule has 2 rings (SSSR count). The van der Waals surface area contributed by atoms with Gasteiger partial charge in [-0.3, -0.25) is 4.79 Å². The molecule has 112 valence electrons. The average molecular weight is 288 g/mol. The number of benzene rings is 1. The van der Waals surface area contributed by atoms with Crippen LogP contribution in [-0.2, 0) is 16.1 Å². The Labute approximate surface area is 124 Å². The topological polar surface area (TPSA) is 58.6 Å². The molecule has 21 heavy (non-hydrogen) atoms. The van der Waals surface area contributed by atoms with Crippen LogP contribution in [0, 0.1) is 0 Å². The van der Waals surface area contributed by atoms with E-state index in [-0.39, 0.29) is 18.6 Å². The highest BCUT2D eigenvalue weighted by atomic mass is 16.6. The molecule has 0 spiro atoms. The quantitative estimate of drug-likeness (QED) is 0.863. The third kappa shape index (κ3) is 4.08. The summed E-state index contributed by atoms with van der Waals surface area (Å²) in [5.41, 5.74) is 0.532. The van der Waals surface area contributed by atoms with Crippen LogP contribution in [0.3, 0.4) is 0 Å². The van der Waals surface area contributed by atoms with E-state index in [0.717, 1.165) is 5.56 Å². The highest BCUT2D eigenvalue weighted by molar-refractivity contribution is 5.87. The monoisotopic (exact) mass is 288 g/mol. The Morgan fingerprint density at radius 3 is 2.81 bits per heavy atom. The zero-order chi connectivity index (χ0) is 15.3. The van der Waals surface area contributed by atoms with E-state index in [2.05, 4.69) is 11.9 Å². The summed E-state index contributed by atoms with van der Waals surface area (Å²) >= 11 is 0. The Morgan fingerprint density at radius 2 is 2.14 bits per heavy atom. The van der Waals surface area contributed by atoms with Gasteiger partial charge in [0.1, 0.15) is 6.61 Å². The zero-order valence-corrected chi connectivity index (χ0v) is 12.2. The van der Waals surface area contributed by atoms with Crippen molar-refractivity contribution in [2.45, 2.75) is 25.5 Å². The largest absolute Gasteiger partial charge is 0.445 e. The van der Waals surface area contributed by atoms with Crippen molar-refractivity contribution >= 4 is 12.0 Å². The molecule has 1 heterocycles. The van der Waals surface area contributed by atoms with Crippen LogP contribution in [0.5, 0.6) is 0 Å². The van der Waals surface area contributed by atoms with Gasteiger partial charge in [0, 0.05) is 13.1 Å². The normalized spacial score (nSPS) is 20.9. The lowest BCUT2D eigenvalue weighted by Crippen LogP contribution is -2.48. The van der Waals surface area contributed by atoms with Gasteiger partial charge >= 0.3 is 6.09 Å². The molecule has 0 saturated carbocycles. The summed E-state index contributed by atoms with van der Waals surface area (Å²) in [6.07, 6.45) is 1.59. The van der Waals surface area contributed by atoms with Crippen LogP contribution in [0.4, 0.5) is 4.79 Å². The molecular weight excluding hydrogens is 268 g/mol. The van der Waals surface area contributed by atoms with Gasteiger partial charge in [-0.15, -0.1) is 0 Å². The van der Waals surface area contributed by atoms with Gasteiger partial charge < -0.3 is 15.0 Å². The third-order valence-electron chi connectivity index (χ3n) is 3.55. The molecule has 0 bridgehead atoms. The van der Waals surface area contributed by atoms with Gasteiger partial charge in [0.05, 0.1) is 5.54 Å². The first-order valence-electron chi connectivity index (χ1n) is 6.93. The highest BCUT2D eigenvalue weighted by Crippen LogP contribution is 2.21. The van der Waals surface area contributed by atoms with E-state index in [1.165, 1.54) is 6.08 Å². The van der Waals surface area contributed by atoms with E-state index in [1.807, 2.05) is 37.3 Å². The van der Waals surface area contributed by atoms with Crippen molar-refractivity contribution < 1.29 is 14.3 Å². The number of hydrogen-bond donors (Lipinski definition) is 1. The number of rotatable bonds is 4. The first-order chi connectivity index (χ1) is 10.0. The minimum absolute atomic E-state index is 0.225. The fraction of sp³-hybridized carbons (Fsp3) is 0.375. The first-order valence-corrected chi connectivity index (χ1v) is 6.93. The van der Waals surface area contributed by atoms with E-state index in [0.29, 0.717) is 19.5 Å². The molecule has 0 aromatic heterocycles. The van der Waals surface area contributed by atoms with Crippen LogP contribution >= 0.6 is 0 Å². The van der Waals surface area contributed by atoms with Crippen LogP contribution in [0.15, 0.2) is 43.0 Å². The summed E-state index contributed by atoms with van der Waals surface area (Å²) in [6.45, 7) is 6.62. The number of likely N-dealkylation sites (tertiary alicyclic amines) is 1. The molecule has 1 N–H and O–H groups in total. The first kappa shape index (κ1) is 15.1. The number of ether oxygens (including phenoxy) is 1. The lowest BCUT2D eigenvalue weighted by Gasteiger charge is -2.25. The highest BCUT2D eigenvalue weighted by Gasteiger charge is 2.37. The average Bonchev–Trinajstić information content (AvgIpc) is 2.88. The lowest BCUT2D eigenvalue weighted by molar-refractivity contribution is -0.118. The van der Waals surface area contributed by atoms with Gasteiger partial charge in [0.2, 0.25) is 5.91 Å². The molecule has 1 aromatic carbocycles. The maximum atomic E-state index is 12.0. The Hall–Kier alpha value is -2.30. The molecule has 1 atom stereocenters. The number of nitrogens with zero attached hydrogens (tertiary/aromatic N) is 1. The van der Waals surface area contributed by atoms with Crippen molar-refractivity contribution in [3.05, 3.63) is 48.6 Å². The van der Waals surface area contributed by atoms with Crippen molar-refractivity contribution in [2.75, 3.05) is 13.1 Å². The Kier molecular flexibility index (Phi) is 4.62. The molecule has 1 unspecified atom stereocenters. The Morgan fingerprint density at radius 1 is 1.43 bits per heavy atom. The van der Waals surface area contributed by atoms with Gasteiger partial charge in [-0.05, 0) is 25.0 Å². The summed E-state index contributed by atoms with van der Waals surface area (Å²) in [7, 11) is 0. The summed E-state index contributed by atoms with van der Waals surface area (Å²) in [5, 5.41) is 2.86. The number of amides is 2. The number of hydrogen-bond acceptors (Lipinski definition) is 3. The van der Waals surface area contributed by atoms with E-state index in [4.69, 9.17) is 4.74 Å². The van der Waals surface area contributed by atoms with E-state index < -0.39 is 5.54 Å². The second-order valence-electron chi connectivity index (χ2n) is 5.47. The molecule has 1 saturated heterocycles. The lowest BCUT2D eigenvalue weighted by atomic mass is 10.0. The molecule has 1 aliphatic rings. The van der Waals surface area contributed by atoms with Crippen molar-refractivity contribution in [1.82, 2.24) is 10.2 Å². The number of nitrogens with one attached hydrogen (secondary N) is 1. The molecular formula is C16H20N2O3. The van der Waals surface area contributed by atoms with Crippen LogP contribution in [0.25, 0.3) is 0 Å². The molecule has 0 radical (unpaired) electrons. The summed E-state index contributed by atoms with van der Waals surface area (Å²) in [5.74, 6) is -0.225. The van der Waals surface area contributed by atoms with E-state index in [9.17, 15) is 9.59 Å². The van der Waals surface area contributed by atoms with Crippen LogP contribution in [0.2, 0.25) is 0 Å². The molecule has 1 aliphatic heterocycles.